The highest BCUT2D eigenvalue weighted by atomic mass is 32.2. The standard InChI is InChI=1S/C15H25N2O4PS/c1-6-20-22(19,21-7-2)11-8-12-15(18,14(3,4)5)17-10-9-16-13(17)23-12/h8-10,18H,6-7,11H2,1-5H3/b12-8-. The maximum absolute atomic E-state index is 12.6. The molecule has 0 aliphatic carbocycles. The quantitative estimate of drug-likeness (QED) is 0.777. The van der Waals surface area contributed by atoms with Gasteiger partial charge in [0, 0.05) is 22.7 Å². The van der Waals surface area contributed by atoms with E-state index in [1.807, 2.05) is 20.8 Å². The van der Waals surface area contributed by atoms with Crippen LogP contribution in [0.1, 0.15) is 34.6 Å². The Hall–Kier alpha value is -0.590. The van der Waals surface area contributed by atoms with Gasteiger partial charge in [0.1, 0.15) is 0 Å². The molecule has 0 saturated carbocycles. The first-order valence-corrected chi connectivity index (χ1v) is 10.2. The minimum Gasteiger partial charge on any atom is -0.366 e. The Kier molecular flexibility index (Phi) is 5.48. The summed E-state index contributed by atoms with van der Waals surface area (Å²) in [5, 5.41) is 12.1. The molecule has 1 aliphatic heterocycles. The smallest absolute Gasteiger partial charge is 0.334 e. The molecule has 0 aromatic carbocycles. The highest BCUT2D eigenvalue weighted by molar-refractivity contribution is 8.03. The predicted octanol–water partition coefficient (Wildman–Crippen LogP) is 3.83. The Balaban J connectivity index is 2.35. The zero-order valence-electron chi connectivity index (χ0n) is 14.3. The molecule has 0 spiro atoms. The van der Waals surface area contributed by atoms with Gasteiger partial charge in [-0.15, -0.1) is 0 Å². The van der Waals surface area contributed by atoms with Crippen molar-refractivity contribution in [1.29, 1.82) is 0 Å². The number of aliphatic hydroxyl groups is 1. The molecule has 0 radical (unpaired) electrons. The molecule has 2 rings (SSSR count). The summed E-state index contributed by atoms with van der Waals surface area (Å²) in [4.78, 5) is 4.97. The van der Waals surface area contributed by atoms with E-state index < -0.39 is 18.7 Å². The van der Waals surface area contributed by atoms with Crippen molar-refractivity contribution in [2.45, 2.75) is 45.5 Å². The molecule has 1 N–H and O–H groups in total. The third-order valence-electron chi connectivity index (χ3n) is 3.70. The van der Waals surface area contributed by atoms with Crippen LogP contribution in [0.25, 0.3) is 0 Å². The molecule has 8 heteroatoms. The van der Waals surface area contributed by atoms with Crippen LogP contribution in [0.5, 0.6) is 0 Å². The van der Waals surface area contributed by atoms with Crippen LogP contribution >= 0.6 is 19.4 Å². The summed E-state index contributed by atoms with van der Waals surface area (Å²) in [5.74, 6) is 0. The van der Waals surface area contributed by atoms with Gasteiger partial charge in [-0.2, -0.15) is 0 Å². The molecule has 0 bridgehead atoms. The number of allylic oxidation sites excluding steroid dienone is 1. The van der Waals surface area contributed by atoms with Crippen molar-refractivity contribution in [3.05, 3.63) is 23.4 Å². The second-order valence-corrected chi connectivity index (χ2v) is 9.41. The number of thioether (sulfide) groups is 1. The number of rotatable bonds is 6. The molecule has 0 fully saturated rings. The number of nitrogens with zero attached hydrogens (tertiary/aromatic N) is 2. The van der Waals surface area contributed by atoms with E-state index in [1.165, 1.54) is 11.8 Å². The van der Waals surface area contributed by atoms with Crippen LogP contribution < -0.4 is 0 Å². The van der Waals surface area contributed by atoms with Crippen molar-refractivity contribution < 1.29 is 18.7 Å². The third-order valence-corrected chi connectivity index (χ3v) is 6.79. The Morgan fingerprint density at radius 1 is 1.39 bits per heavy atom. The van der Waals surface area contributed by atoms with Crippen molar-refractivity contribution in [1.82, 2.24) is 9.55 Å². The van der Waals surface area contributed by atoms with Crippen LogP contribution in [-0.4, -0.2) is 34.0 Å². The molecule has 1 aliphatic rings. The number of hydrogen-bond donors (Lipinski definition) is 1. The lowest BCUT2D eigenvalue weighted by Gasteiger charge is -2.38. The van der Waals surface area contributed by atoms with Gasteiger partial charge in [-0.3, -0.25) is 9.13 Å². The first-order chi connectivity index (χ1) is 10.7. The number of imidazole rings is 1. The van der Waals surface area contributed by atoms with E-state index in [-0.39, 0.29) is 6.16 Å². The van der Waals surface area contributed by atoms with Gasteiger partial charge >= 0.3 is 7.60 Å². The van der Waals surface area contributed by atoms with Crippen LogP contribution in [-0.2, 0) is 19.3 Å². The predicted molar refractivity (Wildman–Crippen MR) is 91.5 cm³/mol. The molecule has 23 heavy (non-hydrogen) atoms. The highest BCUT2D eigenvalue weighted by Crippen LogP contribution is 2.55. The monoisotopic (exact) mass is 360 g/mol. The lowest BCUT2D eigenvalue weighted by Crippen LogP contribution is -2.44. The third kappa shape index (κ3) is 3.44. The van der Waals surface area contributed by atoms with Gasteiger partial charge in [-0.1, -0.05) is 38.6 Å². The van der Waals surface area contributed by atoms with Crippen molar-refractivity contribution in [2.75, 3.05) is 19.4 Å². The number of fused-ring (bicyclic) bond motifs is 1. The topological polar surface area (TPSA) is 73.6 Å². The van der Waals surface area contributed by atoms with E-state index in [2.05, 4.69) is 4.98 Å². The van der Waals surface area contributed by atoms with E-state index in [0.717, 1.165) is 5.16 Å². The minimum absolute atomic E-state index is 0.125. The Bertz CT molecular complexity index is 628. The summed E-state index contributed by atoms with van der Waals surface area (Å²) in [7, 11) is -3.19. The van der Waals surface area contributed by atoms with Crippen LogP contribution in [0.15, 0.2) is 28.5 Å². The molecular formula is C15H25N2O4PS. The second-order valence-electron chi connectivity index (χ2n) is 6.30. The molecule has 0 saturated heterocycles. The van der Waals surface area contributed by atoms with Gasteiger partial charge in [-0.05, 0) is 13.8 Å². The van der Waals surface area contributed by atoms with Crippen molar-refractivity contribution in [2.24, 2.45) is 5.41 Å². The zero-order valence-corrected chi connectivity index (χ0v) is 16.0. The lowest BCUT2D eigenvalue weighted by atomic mass is 9.82. The van der Waals surface area contributed by atoms with Gasteiger partial charge in [0.2, 0.25) is 0 Å². The van der Waals surface area contributed by atoms with Crippen LogP contribution in [0.4, 0.5) is 0 Å². The Labute approximate surface area is 141 Å². The molecule has 0 amide bonds. The maximum Gasteiger partial charge on any atom is 0.334 e. The highest BCUT2D eigenvalue weighted by Gasteiger charge is 2.51. The van der Waals surface area contributed by atoms with Crippen molar-refractivity contribution in [3.63, 3.8) is 0 Å². The molecule has 1 aromatic rings. The largest absolute Gasteiger partial charge is 0.366 e. The van der Waals surface area contributed by atoms with Gasteiger partial charge in [-0.25, -0.2) is 4.98 Å². The molecule has 2 heterocycles. The summed E-state index contributed by atoms with van der Waals surface area (Å²) in [5.41, 5.74) is -1.69. The second kappa shape index (κ2) is 6.73. The maximum atomic E-state index is 12.6. The van der Waals surface area contributed by atoms with E-state index >= 15 is 0 Å². The van der Waals surface area contributed by atoms with Gasteiger partial charge in [0.05, 0.1) is 19.4 Å². The van der Waals surface area contributed by atoms with Gasteiger partial charge < -0.3 is 14.2 Å². The molecule has 1 atom stereocenters. The average molecular weight is 360 g/mol. The van der Waals surface area contributed by atoms with E-state index in [1.54, 1.807) is 36.9 Å². The summed E-state index contributed by atoms with van der Waals surface area (Å²) >= 11 is 1.38. The fourth-order valence-electron chi connectivity index (χ4n) is 2.55. The van der Waals surface area contributed by atoms with Gasteiger partial charge in [0.25, 0.3) is 0 Å². The molecule has 1 unspecified atom stereocenters. The SMILES string of the molecule is CCOP(=O)(C/C=C1\Sc2nccn2C1(O)C(C)(C)C)OCC. The average Bonchev–Trinajstić information content (AvgIpc) is 2.99. The van der Waals surface area contributed by atoms with Crippen LogP contribution in [0, 0.1) is 5.41 Å². The first-order valence-electron chi connectivity index (χ1n) is 7.70. The molecule has 1 aromatic heterocycles. The zero-order chi connectivity index (χ0) is 17.3. The van der Waals surface area contributed by atoms with Crippen molar-refractivity contribution >= 4 is 19.4 Å². The lowest BCUT2D eigenvalue weighted by molar-refractivity contribution is -0.0889. The van der Waals surface area contributed by atoms with Crippen LogP contribution in [0.2, 0.25) is 0 Å². The summed E-state index contributed by atoms with van der Waals surface area (Å²) in [6, 6.07) is 0. The molecule has 130 valence electrons. The fraction of sp³-hybridized carbons (Fsp3) is 0.667. The number of aromatic nitrogens is 2. The first kappa shape index (κ1) is 18.7. The Morgan fingerprint density at radius 2 is 2.00 bits per heavy atom. The number of hydrogen-bond acceptors (Lipinski definition) is 6. The fourth-order valence-corrected chi connectivity index (χ4v) is 5.46. The summed E-state index contributed by atoms with van der Waals surface area (Å²) < 4.78 is 25.0. The molecular weight excluding hydrogens is 335 g/mol. The van der Waals surface area contributed by atoms with E-state index in [4.69, 9.17) is 9.05 Å². The van der Waals surface area contributed by atoms with E-state index in [9.17, 15) is 9.67 Å². The summed E-state index contributed by atoms with van der Waals surface area (Å²) in [6.45, 7) is 10.1. The Morgan fingerprint density at radius 3 is 2.52 bits per heavy atom. The van der Waals surface area contributed by atoms with Crippen LogP contribution in [0.3, 0.4) is 0 Å². The van der Waals surface area contributed by atoms with E-state index in [0.29, 0.717) is 18.1 Å². The normalized spacial score (nSPS) is 23.5. The van der Waals surface area contributed by atoms with Gasteiger partial charge in [0.15, 0.2) is 10.9 Å². The minimum atomic E-state index is -3.19. The van der Waals surface area contributed by atoms with Crippen molar-refractivity contribution in [3.8, 4) is 0 Å². The summed E-state index contributed by atoms with van der Waals surface area (Å²) in [6.07, 6.45) is 5.32. The molecule has 6 nitrogen and oxygen atoms in total.